The van der Waals surface area contributed by atoms with E-state index in [0.29, 0.717) is 16.5 Å². The lowest BCUT2D eigenvalue weighted by atomic mass is 10.1. The molecule has 0 saturated carbocycles. The molecule has 5 heteroatoms. The zero-order valence-electron chi connectivity index (χ0n) is 13.2. The van der Waals surface area contributed by atoms with Crippen LogP contribution in [0, 0.1) is 0 Å². The van der Waals surface area contributed by atoms with Crippen molar-refractivity contribution >= 4 is 45.1 Å². The topological polar surface area (TPSA) is 51.5 Å². The Labute approximate surface area is 149 Å². The van der Waals surface area contributed by atoms with E-state index in [0.717, 1.165) is 21.9 Å². The van der Waals surface area contributed by atoms with Crippen LogP contribution in [-0.4, -0.2) is 12.5 Å². The molecule has 0 atom stereocenters. The first kappa shape index (κ1) is 15.5. The van der Waals surface area contributed by atoms with E-state index >= 15 is 0 Å². The van der Waals surface area contributed by atoms with Crippen LogP contribution >= 0.6 is 11.6 Å². The van der Waals surface area contributed by atoms with E-state index < -0.39 is 0 Å². The van der Waals surface area contributed by atoms with Gasteiger partial charge in [0.2, 0.25) is 0 Å². The number of carbonyl (C=O) groups excluding carboxylic acids is 1. The minimum absolute atomic E-state index is 0.123. The maximum Gasteiger partial charge on any atom is 0.262 e. The van der Waals surface area contributed by atoms with Crippen molar-refractivity contribution in [2.45, 2.75) is 0 Å². The van der Waals surface area contributed by atoms with E-state index in [-0.39, 0.29) is 12.5 Å². The summed E-state index contributed by atoms with van der Waals surface area (Å²) in [6.07, 6.45) is 0. The van der Waals surface area contributed by atoms with Crippen molar-refractivity contribution < 1.29 is 13.9 Å². The average molecular weight is 352 g/mol. The SMILES string of the molecule is O=C(COc1ccccc1Cl)Nc1ccc2c(c1)oc1ccccc12. The summed E-state index contributed by atoms with van der Waals surface area (Å²) in [6.45, 7) is -0.123. The molecule has 0 radical (unpaired) electrons. The molecule has 0 aliphatic rings. The second kappa shape index (κ2) is 6.49. The summed E-state index contributed by atoms with van der Waals surface area (Å²) in [5.74, 6) is 0.211. The first-order chi connectivity index (χ1) is 12.2. The number of fused-ring (bicyclic) bond motifs is 3. The van der Waals surface area contributed by atoms with Gasteiger partial charge in [0.15, 0.2) is 6.61 Å². The predicted molar refractivity (Wildman–Crippen MR) is 99.3 cm³/mol. The van der Waals surface area contributed by atoms with E-state index in [2.05, 4.69) is 5.32 Å². The highest BCUT2D eigenvalue weighted by molar-refractivity contribution is 6.32. The molecule has 0 saturated heterocycles. The zero-order valence-corrected chi connectivity index (χ0v) is 13.9. The Hall–Kier alpha value is -2.98. The smallest absolute Gasteiger partial charge is 0.262 e. The number of rotatable bonds is 4. The number of amides is 1. The third-order valence-corrected chi connectivity index (χ3v) is 4.17. The van der Waals surface area contributed by atoms with Crippen molar-refractivity contribution in [2.24, 2.45) is 0 Å². The van der Waals surface area contributed by atoms with Crippen molar-refractivity contribution in [2.75, 3.05) is 11.9 Å². The molecule has 0 spiro atoms. The maximum absolute atomic E-state index is 12.1. The third kappa shape index (κ3) is 3.16. The quantitative estimate of drug-likeness (QED) is 0.545. The number of nitrogens with one attached hydrogen (secondary N) is 1. The van der Waals surface area contributed by atoms with Crippen molar-refractivity contribution in [1.29, 1.82) is 0 Å². The first-order valence-corrected chi connectivity index (χ1v) is 8.17. The minimum Gasteiger partial charge on any atom is -0.482 e. The summed E-state index contributed by atoms with van der Waals surface area (Å²) in [6, 6.07) is 20.5. The fraction of sp³-hybridized carbons (Fsp3) is 0.0500. The Morgan fingerprint density at radius 2 is 1.72 bits per heavy atom. The fourth-order valence-electron chi connectivity index (χ4n) is 2.71. The van der Waals surface area contributed by atoms with Gasteiger partial charge in [0, 0.05) is 22.5 Å². The molecule has 3 aromatic carbocycles. The van der Waals surface area contributed by atoms with E-state index in [1.54, 1.807) is 24.3 Å². The molecule has 0 unspecified atom stereocenters. The van der Waals surface area contributed by atoms with Crippen LogP contribution in [-0.2, 0) is 4.79 Å². The maximum atomic E-state index is 12.1. The number of benzene rings is 3. The van der Waals surface area contributed by atoms with Crippen molar-refractivity contribution in [3.63, 3.8) is 0 Å². The molecule has 1 N–H and O–H groups in total. The molecule has 1 aromatic heterocycles. The van der Waals surface area contributed by atoms with Gasteiger partial charge in [-0.25, -0.2) is 0 Å². The van der Waals surface area contributed by atoms with Gasteiger partial charge in [-0.1, -0.05) is 41.9 Å². The Balaban J connectivity index is 1.49. The van der Waals surface area contributed by atoms with Gasteiger partial charge in [-0.15, -0.1) is 0 Å². The molecule has 1 amide bonds. The van der Waals surface area contributed by atoms with Crippen LogP contribution in [0.25, 0.3) is 21.9 Å². The Morgan fingerprint density at radius 1 is 0.960 bits per heavy atom. The predicted octanol–water partition coefficient (Wildman–Crippen LogP) is 5.26. The van der Waals surface area contributed by atoms with Crippen LogP contribution in [0.1, 0.15) is 0 Å². The van der Waals surface area contributed by atoms with Gasteiger partial charge in [-0.3, -0.25) is 4.79 Å². The largest absolute Gasteiger partial charge is 0.482 e. The summed E-state index contributed by atoms with van der Waals surface area (Å²) >= 11 is 6.00. The van der Waals surface area contributed by atoms with Crippen LogP contribution in [0.4, 0.5) is 5.69 Å². The summed E-state index contributed by atoms with van der Waals surface area (Å²) < 4.78 is 11.3. The van der Waals surface area contributed by atoms with Gasteiger partial charge < -0.3 is 14.5 Å². The highest BCUT2D eigenvalue weighted by atomic mass is 35.5. The summed E-state index contributed by atoms with van der Waals surface area (Å²) in [4.78, 5) is 12.1. The van der Waals surface area contributed by atoms with Crippen molar-refractivity contribution in [1.82, 2.24) is 0 Å². The van der Waals surface area contributed by atoms with Crippen LogP contribution in [0.5, 0.6) is 5.75 Å². The molecule has 4 rings (SSSR count). The number of furan rings is 1. The van der Waals surface area contributed by atoms with Crippen LogP contribution in [0.2, 0.25) is 5.02 Å². The van der Waals surface area contributed by atoms with E-state index in [1.165, 1.54) is 0 Å². The molecule has 4 nitrogen and oxygen atoms in total. The number of hydrogen-bond acceptors (Lipinski definition) is 3. The fourth-order valence-corrected chi connectivity index (χ4v) is 2.90. The average Bonchev–Trinajstić information content (AvgIpc) is 2.99. The molecule has 0 aliphatic carbocycles. The van der Waals surface area contributed by atoms with Crippen molar-refractivity contribution in [3.05, 3.63) is 71.8 Å². The zero-order chi connectivity index (χ0) is 17.2. The Morgan fingerprint density at radius 3 is 2.60 bits per heavy atom. The number of hydrogen-bond donors (Lipinski definition) is 1. The summed E-state index contributed by atoms with van der Waals surface area (Å²) in [5.41, 5.74) is 2.20. The molecule has 25 heavy (non-hydrogen) atoms. The second-order valence-electron chi connectivity index (χ2n) is 5.58. The van der Waals surface area contributed by atoms with Gasteiger partial charge in [0.05, 0.1) is 5.02 Å². The lowest BCUT2D eigenvalue weighted by Crippen LogP contribution is -2.20. The number of halogens is 1. The minimum atomic E-state index is -0.268. The lowest BCUT2D eigenvalue weighted by molar-refractivity contribution is -0.118. The van der Waals surface area contributed by atoms with Gasteiger partial charge in [-0.2, -0.15) is 0 Å². The van der Waals surface area contributed by atoms with Crippen molar-refractivity contribution in [3.8, 4) is 5.75 Å². The van der Waals surface area contributed by atoms with Gasteiger partial charge in [0.1, 0.15) is 16.9 Å². The number of ether oxygens (including phenoxy) is 1. The number of anilines is 1. The monoisotopic (exact) mass is 351 g/mol. The number of para-hydroxylation sites is 2. The van der Waals surface area contributed by atoms with Gasteiger partial charge in [-0.05, 0) is 30.3 Å². The first-order valence-electron chi connectivity index (χ1n) is 7.79. The van der Waals surface area contributed by atoms with Crippen LogP contribution < -0.4 is 10.1 Å². The van der Waals surface area contributed by atoms with Gasteiger partial charge >= 0.3 is 0 Å². The molecule has 0 aliphatic heterocycles. The molecule has 1 heterocycles. The third-order valence-electron chi connectivity index (χ3n) is 3.86. The molecular formula is C20H14ClNO3. The van der Waals surface area contributed by atoms with E-state index in [4.69, 9.17) is 20.8 Å². The molecular weight excluding hydrogens is 338 g/mol. The molecule has 0 bridgehead atoms. The standard InChI is InChI=1S/C20H14ClNO3/c21-16-6-2-4-8-18(16)24-12-20(23)22-13-9-10-15-14-5-1-3-7-17(14)25-19(15)11-13/h1-11H,12H2,(H,22,23). The van der Waals surface area contributed by atoms with Gasteiger partial charge in [0.25, 0.3) is 5.91 Å². The summed E-state index contributed by atoms with van der Waals surface area (Å²) in [7, 11) is 0. The Kier molecular flexibility index (Phi) is 4.04. The summed E-state index contributed by atoms with van der Waals surface area (Å²) in [5, 5.41) is 5.34. The second-order valence-corrected chi connectivity index (χ2v) is 5.98. The lowest BCUT2D eigenvalue weighted by Gasteiger charge is -2.08. The van der Waals surface area contributed by atoms with E-state index in [1.807, 2.05) is 42.5 Å². The van der Waals surface area contributed by atoms with Crippen LogP contribution in [0.15, 0.2) is 71.1 Å². The van der Waals surface area contributed by atoms with E-state index in [9.17, 15) is 4.79 Å². The molecule has 0 fully saturated rings. The highest BCUT2D eigenvalue weighted by Crippen LogP contribution is 2.30. The highest BCUT2D eigenvalue weighted by Gasteiger charge is 2.09. The normalized spacial score (nSPS) is 10.9. The van der Waals surface area contributed by atoms with Crippen LogP contribution in [0.3, 0.4) is 0 Å². The number of carbonyl (C=O) groups is 1. The Bertz CT molecular complexity index is 1070. The molecule has 124 valence electrons. The molecule has 4 aromatic rings.